The van der Waals surface area contributed by atoms with Gasteiger partial charge in [-0.05, 0) is 38.5 Å². The van der Waals surface area contributed by atoms with Gasteiger partial charge in [0.1, 0.15) is 0 Å². The fourth-order valence-electron chi connectivity index (χ4n) is 2.43. The van der Waals surface area contributed by atoms with Gasteiger partial charge in [0.05, 0.1) is 10.9 Å². The van der Waals surface area contributed by atoms with Gasteiger partial charge in [-0.15, -0.1) is 11.8 Å². The molecular weight excluding hydrogens is 296 g/mol. The summed E-state index contributed by atoms with van der Waals surface area (Å²) in [6.07, 6.45) is 4.50. The van der Waals surface area contributed by atoms with Crippen LogP contribution in [-0.2, 0) is 4.79 Å². The summed E-state index contributed by atoms with van der Waals surface area (Å²) in [5.74, 6) is -0.0901. The molecule has 2 unspecified atom stereocenters. The molecule has 0 aromatic heterocycles. The first-order valence-corrected chi connectivity index (χ1v) is 8.81. The summed E-state index contributed by atoms with van der Waals surface area (Å²) in [4.78, 5) is 25.0. The molecule has 120 valence electrons. The molecule has 2 rings (SSSR count). The highest BCUT2D eigenvalue weighted by atomic mass is 32.2. The van der Waals surface area contributed by atoms with Crippen LogP contribution in [0.15, 0.2) is 23.1 Å². The Morgan fingerprint density at radius 3 is 2.91 bits per heavy atom. The highest BCUT2D eigenvalue weighted by Gasteiger charge is 2.23. The number of amides is 2. The lowest BCUT2D eigenvalue weighted by atomic mass is 10.1. The molecule has 2 atom stereocenters. The van der Waals surface area contributed by atoms with Crippen LogP contribution in [0.2, 0.25) is 0 Å². The third-order valence-corrected chi connectivity index (χ3v) is 4.97. The van der Waals surface area contributed by atoms with Gasteiger partial charge in [0.25, 0.3) is 5.91 Å². The van der Waals surface area contributed by atoms with E-state index in [9.17, 15) is 9.59 Å². The van der Waals surface area contributed by atoms with E-state index in [0.29, 0.717) is 5.56 Å². The molecule has 1 aromatic carbocycles. The van der Waals surface area contributed by atoms with Gasteiger partial charge in [0, 0.05) is 16.5 Å². The molecular formula is C17H24N2O2S. The number of fused-ring (bicyclic) bond motifs is 1. The first-order valence-electron chi connectivity index (χ1n) is 7.93. The Morgan fingerprint density at radius 1 is 1.41 bits per heavy atom. The van der Waals surface area contributed by atoms with Crippen LogP contribution in [-0.4, -0.2) is 23.1 Å². The number of carbonyl (C=O) groups is 2. The molecule has 1 heterocycles. The van der Waals surface area contributed by atoms with Crippen molar-refractivity contribution in [1.29, 1.82) is 0 Å². The average Bonchev–Trinajstić information content (AvgIpc) is 2.48. The second-order valence-electron chi connectivity index (χ2n) is 5.83. The topological polar surface area (TPSA) is 58.2 Å². The van der Waals surface area contributed by atoms with Crippen molar-refractivity contribution in [2.24, 2.45) is 0 Å². The molecule has 0 saturated carbocycles. The van der Waals surface area contributed by atoms with Crippen molar-refractivity contribution in [3.05, 3.63) is 23.8 Å². The van der Waals surface area contributed by atoms with Gasteiger partial charge in [0.2, 0.25) is 5.91 Å². The van der Waals surface area contributed by atoms with E-state index >= 15 is 0 Å². The minimum Gasteiger partial charge on any atom is -0.350 e. The normalized spacial score (nSPS) is 18.3. The smallest absolute Gasteiger partial charge is 0.251 e. The first kappa shape index (κ1) is 16.9. The summed E-state index contributed by atoms with van der Waals surface area (Å²) in [5, 5.41) is 5.79. The van der Waals surface area contributed by atoms with E-state index < -0.39 is 0 Å². The molecule has 5 heteroatoms. The third-order valence-electron chi connectivity index (χ3n) is 3.79. The number of rotatable bonds is 6. The van der Waals surface area contributed by atoms with E-state index in [2.05, 4.69) is 17.6 Å². The van der Waals surface area contributed by atoms with Gasteiger partial charge in [-0.3, -0.25) is 9.59 Å². The van der Waals surface area contributed by atoms with Crippen LogP contribution in [0.5, 0.6) is 0 Å². The average molecular weight is 320 g/mol. The molecule has 0 fully saturated rings. The van der Waals surface area contributed by atoms with E-state index in [1.54, 1.807) is 6.07 Å². The minimum absolute atomic E-state index is 0.0111. The van der Waals surface area contributed by atoms with Crippen molar-refractivity contribution in [3.63, 3.8) is 0 Å². The van der Waals surface area contributed by atoms with Crippen LogP contribution >= 0.6 is 11.8 Å². The highest BCUT2D eigenvalue weighted by Crippen LogP contribution is 2.35. The summed E-state index contributed by atoms with van der Waals surface area (Å²) in [7, 11) is 0. The highest BCUT2D eigenvalue weighted by molar-refractivity contribution is 8.00. The van der Waals surface area contributed by atoms with Crippen LogP contribution in [0.25, 0.3) is 0 Å². The summed E-state index contributed by atoms with van der Waals surface area (Å²) in [6, 6.07) is 5.66. The van der Waals surface area contributed by atoms with E-state index in [1.165, 1.54) is 24.6 Å². The Balaban J connectivity index is 1.99. The van der Waals surface area contributed by atoms with Crippen molar-refractivity contribution in [3.8, 4) is 0 Å². The zero-order valence-electron chi connectivity index (χ0n) is 13.4. The van der Waals surface area contributed by atoms with Crippen molar-refractivity contribution < 1.29 is 9.59 Å². The lowest BCUT2D eigenvalue weighted by Crippen LogP contribution is -2.33. The molecule has 2 amide bonds. The van der Waals surface area contributed by atoms with Crippen LogP contribution in [0.4, 0.5) is 5.69 Å². The number of benzene rings is 1. The van der Waals surface area contributed by atoms with Gasteiger partial charge in [0.15, 0.2) is 0 Å². The van der Waals surface area contributed by atoms with Crippen LogP contribution in [0.1, 0.15) is 56.8 Å². The minimum atomic E-state index is -0.0919. The lowest BCUT2D eigenvalue weighted by molar-refractivity contribution is -0.115. The number of carbonyl (C=O) groups excluding carboxylic acids is 2. The molecule has 4 nitrogen and oxygen atoms in total. The molecule has 22 heavy (non-hydrogen) atoms. The molecule has 0 bridgehead atoms. The second kappa shape index (κ2) is 7.68. The standard InChI is InChI=1S/C17H24N2O2S/c1-4-5-6-7-11(2)18-17(21)13-8-9-15-14(10-13)19-16(20)12(3)22-15/h8-12H,4-7H2,1-3H3,(H,18,21)(H,19,20). The van der Waals surface area contributed by atoms with Crippen LogP contribution < -0.4 is 10.6 Å². The zero-order chi connectivity index (χ0) is 16.1. The largest absolute Gasteiger partial charge is 0.350 e. The van der Waals surface area contributed by atoms with Crippen LogP contribution in [0.3, 0.4) is 0 Å². The number of nitrogens with one attached hydrogen (secondary N) is 2. The summed E-state index contributed by atoms with van der Waals surface area (Å²) >= 11 is 1.52. The van der Waals surface area contributed by atoms with Crippen molar-refractivity contribution in [1.82, 2.24) is 5.32 Å². The molecule has 1 aromatic rings. The quantitative estimate of drug-likeness (QED) is 0.783. The van der Waals surface area contributed by atoms with Crippen molar-refractivity contribution >= 4 is 29.3 Å². The van der Waals surface area contributed by atoms with Gasteiger partial charge >= 0.3 is 0 Å². The Labute approximate surface area is 136 Å². The van der Waals surface area contributed by atoms with Crippen molar-refractivity contribution in [2.75, 3.05) is 5.32 Å². The fraction of sp³-hybridized carbons (Fsp3) is 0.529. The molecule has 0 radical (unpaired) electrons. The Bertz CT molecular complexity index is 560. The number of hydrogen-bond donors (Lipinski definition) is 2. The predicted octanol–water partition coefficient (Wildman–Crippen LogP) is 3.82. The molecule has 0 saturated heterocycles. The van der Waals surface area contributed by atoms with Gasteiger partial charge in [-0.2, -0.15) is 0 Å². The number of hydrogen-bond acceptors (Lipinski definition) is 3. The van der Waals surface area contributed by atoms with E-state index in [4.69, 9.17) is 0 Å². The molecule has 0 aliphatic carbocycles. The maximum Gasteiger partial charge on any atom is 0.251 e. The van der Waals surface area contributed by atoms with Gasteiger partial charge in [-0.25, -0.2) is 0 Å². The van der Waals surface area contributed by atoms with Crippen molar-refractivity contribution in [2.45, 2.75) is 62.6 Å². The SMILES string of the molecule is CCCCCC(C)NC(=O)c1ccc2c(c1)NC(=O)C(C)S2. The van der Waals surface area contributed by atoms with Gasteiger partial charge in [-0.1, -0.05) is 26.2 Å². The maximum absolute atomic E-state index is 12.3. The summed E-state index contributed by atoms with van der Waals surface area (Å²) < 4.78 is 0. The Hall–Kier alpha value is -1.49. The lowest BCUT2D eigenvalue weighted by Gasteiger charge is -2.22. The number of unbranched alkanes of at least 4 members (excludes halogenated alkanes) is 2. The summed E-state index contributed by atoms with van der Waals surface area (Å²) in [5.41, 5.74) is 1.33. The van der Waals surface area contributed by atoms with Crippen LogP contribution in [0, 0.1) is 0 Å². The molecule has 1 aliphatic heterocycles. The fourth-order valence-corrected chi connectivity index (χ4v) is 3.36. The molecule has 1 aliphatic rings. The zero-order valence-corrected chi connectivity index (χ0v) is 14.3. The molecule has 2 N–H and O–H groups in total. The Morgan fingerprint density at radius 2 is 2.18 bits per heavy atom. The predicted molar refractivity (Wildman–Crippen MR) is 91.5 cm³/mol. The van der Waals surface area contributed by atoms with E-state index in [1.807, 2.05) is 26.0 Å². The van der Waals surface area contributed by atoms with E-state index in [-0.39, 0.29) is 23.1 Å². The second-order valence-corrected chi connectivity index (χ2v) is 7.21. The third kappa shape index (κ3) is 4.26. The summed E-state index contributed by atoms with van der Waals surface area (Å²) in [6.45, 7) is 6.08. The number of anilines is 1. The Kier molecular flexibility index (Phi) is 5.89. The molecule has 0 spiro atoms. The number of thioether (sulfide) groups is 1. The maximum atomic E-state index is 12.3. The monoisotopic (exact) mass is 320 g/mol. The van der Waals surface area contributed by atoms with Gasteiger partial charge < -0.3 is 10.6 Å². The van der Waals surface area contributed by atoms with E-state index in [0.717, 1.165) is 23.4 Å². The first-order chi connectivity index (χ1) is 10.5.